The molecule has 0 saturated carbocycles. The fraction of sp³-hybridized carbons (Fsp3) is 0.231. The number of aliphatic carboxylic acids is 2. The number of carboxylic acids is 2. The van der Waals surface area contributed by atoms with Gasteiger partial charge in [0.05, 0.1) is 11.7 Å². The number of aromatic nitrogens is 3. The minimum atomic E-state index is -5.08. The molecule has 4 rings (SSSR count). The molecule has 0 fully saturated rings. The van der Waals surface area contributed by atoms with E-state index in [2.05, 4.69) is 21.2 Å². The van der Waals surface area contributed by atoms with E-state index < -0.39 is 24.3 Å². The second-order valence-electron chi connectivity index (χ2n) is 8.46. The van der Waals surface area contributed by atoms with Crippen molar-refractivity contribution in [3.63, 3.8) is 0 Å². The number of carbonyl (C=O) groups is 2. The molecule has 0 saturated heterocycles. The van der Waals surface area contributed by atoms with E-state index in [1.807, 2.05) is 55.6 Å². The lowest BCUT2D eigenvalue weighted by Crippen LogP contribution is -2.30. The second kappa shape index (κ2) is 14.5. The third kappa shape index (κ3) is 10.6. The first-order valence-corrected chi connectivity index (χ1v) is 12.0. The summed E-state index contributed by atoms with van der Waals surface area (Å²) in [6.07, 6.45) is -5.98. The largest absolute Gasteiger partial charge is 0.490 e. The van der Waals surface area contributed by atoms with E-state index in [1.54, 1.807) is 6.20 Å². The van der Waals surface area contributed by atoms with E-state index in [-0.39, 0.29) is 6.04 Å². The zero-order valence-corrected chi connectivity index (χ0v) is 22.3. The standard InChI is InChI=1S/C22H21ClN4O.2C2HF3O2/c1-14-20-10-15(6-7-22(20)27-26-14)17-9-19(12-25-11-17)28-13-18(24)8-16-4-2-3-5-21(16)23;2*3-2(4,5)1(6)7/h2-7,9-12,18H,8,13,24H2,1H3,(H,26,27);2*(H,6,7)/t18-;;/m0../s1. The average Bonchev–Trinajstić information content (AvgIpc) is 3.28. The Hall–Kier alpha value is -4.37. The highest BCUT2D eigenvalue weighted by molar-refractivity contribution is 6.31. The summed E-state index contributed by atoms with van der Waals surface area (Å²) in [5.41, 5.74) is 11.3. The summed E-state index contributed by atoms with van der Waals surface area (Å²) < 4.78 is 69.4. The van der Waals surface area contributed by atoms with Crippen LogP contribution < -0.4 is 10.5 Å². The fourth-order valence-corrected chi connectivity index (χ4v) is 3.39. The Bertz CT molecular complexity index is 1490. The van der Waals surface area contributed by atoms with Crippen LogP contribution >= 0.6 is 11.6 Å². The van der Waals surface area contributed by atoms with E-state index in [1.165, 1.54) is 0 Å². The summed E-state index contributed by atoms with van der Waals surface area (Å²) in [5, 5.41) is 23.4. The van der Waals surface area contributed by atoms with Crippen LogP contribution in [0.4, 0.5) is 26.3 Å². The highest BCUT2D eigenvalue weighted by Gasteiger charge is 2.38. The van der Waals surface area contributed by atoms with Gasteiger partial charge in [0.15, 0.2) is 0 Å². The van der Waals surface area contributed by atoms with Crippen LogP contribution in [0.1, 0.15) is 11.3 Å². The number of hydrogen-bond donors (Lipinski definition) is 4. The molecule has 0 aliphatic carbocycles. The number of hydrogen-bond acceptors (Lipinski definition) is 6. The third-order valence-corrected chi connectivity index (χ3v) is 5.55. The number of halogens is 7. The molecule has 16 heteroatoms. The average molecular weight is 621 g/mol. The molecular weight excluding hydrogens is 598 g/mol. The van der Waals surface area contributed by atoms with Crippen molar-refractivity contribution in [1.29, 1.82) is 0 Å². The molecule has 42 heavy (non-hydrogen) atoms. The van der Waals surface area contributed by atoms with Crippen LogP contribution in [-0.2, 0) is 16.0 Å². The molecule has 0 aliphatic heterocycles. The molecule has 0 bridgehead atoms. The number of H-pyrrole nitrogens is 1. The van der Waals surface area contributed by atoms with Crippen molar-refractivity contribution >= 4 is 34.4 Å². The fourth-order valence-electron chi connectivity index (χ4n) is 3.18. The summed E-state index contributed by atoms with van der Waals surface area (Å²) in [6, 6.07) is 15.7. The van der Waals surface area contributed by atoms with Gasteiger partial charge in [-0.2, -0.15) is 31.4 Å². The molecule has 0 amide bonds. The number of aryl methyl sites for hydroxylation is 1. The Morgan fingerprint density at radius 2 is 1.57 bits per heavy atom. The van der Waals surface area contributed by atoms with Crippen LogP contribution in [0.15, 0.2) is 60.9 Å². The molecule has 1 atom stereocenters. The third-order valence-electron chi connectivity index (χ3n) is 5.18. The maximum Gasteiger partial charge on any atom is 0.490 e. The Labute approximate surface area is 238 Å². The van der Waals surface area contributed by atoms with Crippen LogP contribution in [-0.4, -0.2) is 62.3 Å². The number of nitrogens with two attached hydrogens (primary N) is 1. The van der Waals surface area contributed by atoms with Gasteiger partial charge in [0.2, 0.25) is 0 Å². The molecule has 226 valence electrons. The molecular formula is C26H23ClF6N4O5. The molecule has 0 aliphatic rings. The summed E-state index contributed by atoms with van der Waals surface area (Å²) in [7, 11) is 0. The van der Waals surface area contributed by atoms with Crippen LogP contribution in [0.5, 0.6) is 5.75 Å². The van der Waals surface area contributed by atoms with Gasteiger partial charge >= 0.3 is 24.3 Å². The second-order valence-corrected chi connectivity index (χ2v) is 8.87. The number of nitrogens with zero attached hydrogens (tertiary/aromatic N) is 2. The molecule has 5 N–H and O–H groups in total. The van der Waals surface area contributed by atoms with Crippen molar-refractivity contribution in [2.75, 3.05) is 6.61 Å². The van der Waals surface area contributed by atoms with Gasteiger partial charge in [0.25, 0.3) is 0 Å². The van der Waals surface area contributed by atoms with Crippen LogP contribution in [0.3, 0.4) is 0 Å². The normalized spacial score (nSPS) is 11.9. The smallest absolute Gasteiger partial charge is 0.490 e. The van der Waals surface area contributed by atoms with Crippen molar-refractivity contribution in [2.24, 2.45) is 5.73 Å². The van der Waals surface area contributed by atoms with Crippen molar-refractivity contribution in [1.82, 2.24) is 15.2 Å². The number of rotatable bonds is 6. The van der Waals surface area contributed by atoms with Crippen LogP contribution in [0.25, 0.3) is 22.0 Å². The highest BCUT2D eigenvalue weighted by Crippen LogP contribution is 2.27. The molecule has 0 radical (unpaired) electrons. The first kappa shape index (κ1) is 33.8. The van der Waals surface area contributed by atoms with Crippen LogP contribution in [0, 0.1) is 6.92 Å². The molecule has 2 aromatic heterocycles. The topological polar surface area (TPSA) is 151 Å². The monoisotopic (exact) mass is 620 g/mol. The number of benzene rings is 2. The highest BCUT2D eigenvalue weighted by atomic mass is 35.5. The SMILES string of the molecule is Cc1[nH]nc2ccc(-c3cncc(OC[C@@H](N)Cc4ccccc4Cl)c3)cc12.O=C(O)C(F)(F)F.O=C(O)C(F)(F)F. The summed E-state index contributed by atoms with van der Waals surface area (Å²) >= 11 is 6.21. The molecule has 0 unspecified atom stereocenters. The Kier molecular flexibility index (Phi) is 11.7. The van der Waals surface area contributed by atoms with E-state index in [4.69, 9.17) is 41.9 Å². The summed E-state index contributed by atoms with van der Waals surface area (Å²) in [5.74, 6) is -4.82. The van der Waals surface area contributed by atoms with Crippen molar-refractivity contribution in [2.45, 2.75) is 31.7 Å². The minimum absolute atomic E-state index is 0.159. The van der Waals surface area contributed by atoms with Crippen LogP contribution in [0.2, 0.25) is 5.02 Å². The van der Waals surface area contributed by atoms with E-state index >= 15 is 0 Å². The van der Waals surface area contributed by atoms with Gasteiger partial charge in [-0.3, -0.25) is 10.1 Å². The first-order chi connectivity index (χ1) is 19.5. The number of ether oxygens (including phenoxy) is 1. The van der Waals surface area contributed by atoms with Gasteiger partial charge in [-0.1, -0.05) is 35.9 Å². The van der Waals surface area contributed by atoms with E-state index in [9.17, 15) is 26.3 Å². The quantitative estimate of drug-likeness (QED) is 0.197. The number of carboxylic acid groups (broad SMARTS) is 2. The Morgan fingerprint density at radius 1 is 0.976 bits per heavy atom. The molecule has 0 spiro atoms. The maximum atomic E-state index is 10.6. The zero-order chi connectivity index (χ0) is 31.7. The van der Waals surface area contributed by atoms with Gasteiger partial charge < -0.3 is 20.7 Å². The van der Waals surface area contributed by atoms with Crippen molar-refractivity contribution in [3.8, 4) is 16.9 Å². The minimum Gasteiger partial charge on any atom is -0.490 e. The predicted molar refractivity (Wildman–Crippen MR) is 140 cm³/mol. The molecule has 4 aromatic rings. The Morgan fingerprint density at radius 3 is 2.14 bits per heavy atom. The lowest BCUT2D eigenvalue weighted by atomic mass is 10.0. The van der Waals surface area contributed by atoms with Gasteiger partial charge in [-0.15, -0.1) is 0 Å². The Balaban J connectivity index is 0.000000367. The van der Waals surface area contributed by atoms with Gasteiger partial charge in [-0.25, -0.2) is 9.59 Å². The maximum absolute atomic E-state index is 10.6. The van der Waals surface area contributed by atoms with Gasteiger partial charge in [0, 0.05) is 33.9 Å². The van der Waals surface area contributed by atoms with Gasteiger partial charge in [0.1, 0.15) is 12.4 Å². The number of pyridine rings is 1. The van der Waals surface area contributed by atoms with E-state index in [0.29, 0.717) is 18.8 Å². The van der Waals surface area contributed by atoms with Crippen molar-refractivity contribution in [3.05, 3.63) is 77.2 Å². The zero-order valence-electron chi connectivity index (χ0n) is 21.5. The number of aromatic amines is 1. The summed E-state index contributed by atoms with van der Waals surface area (Å²) in [6.45, 7) is 2.40. The lowest BCUT2D eigenvalue weighted by Gasteiger charge is -2.14. The molecule has 2 heterocycles. The van der Waals surface area contributed by atoms with Gasteiger partial charge in [-0.05, 0) is 48.7 Å². The van der Waals surface area contributed by atoms with E-state index in [0.717, 1.165) is 38.3 Å². The number of fused-ring (bicyclic) bond motifs is 1. The molecule has 9 nitrogen and oxygen atoms in total. The van der Waals surface area contributed by atoms with Crippen molar-refractivity contribution < 1.29 is 50.9 Å². The number of nitrogens with one attached hydrogen (secondary N) is 1. The first-order valence-electron chi connectivity index (χ1n) is 11.6. The summed E-state index contributed by atoms with van der Waals surface area (Å²) in [4.78, 5) is 22.1. The predicted octanol–water partition coefficient (Wildman–Crippen LogP) is 5.80. The lowest BCUT2D eigenvalue weighted by molar-refractivity contribution is -0.193. The molecule has 2 aromatic carbocycles. The number of alkyl halides is 6.